The van der Waals surface area contributed by atoms with E-state index in [0.29, 0.717) is 11.7 Å². The number of hydrogen-bond donors (Lipinski definition) is 0. The SMILES string of the molecule is Cc1ccnc(-c2nc(Oc3ccc4ncsc4c3)c3ccccc3n2)c1. The summed E-state index contributed by atoms with van der Waals surface area (Å²) in [6.07, 6.45) is 1.77. The van der Waals surface area contributed by atoms with E-state index in [2.05, 4.69) is 19.9 Å². The molecule has 0 N–H and O–H groups in total. The highest BCUT2D eigenvalue weighted by atomic mass is 32.1. The van der Waals surface area contributed by atoms with Gasteiger partial charge in [0, 0.05) is 12.3 Å². The van der Waals surface area contributed by atoms with Gasteiger partial charge in [-0.25, -0.2) is 9.97 Å². The van der Waals surface area contributed by atoms with Crippen molar-refractivity contribution < 1.29 is 4.74 Å². The lowest BCUT2D eigenvalue weighted by Crippen LogP contribution is -1.97. The number of nitrogens with zero attached hydrogens (tertiary/aromatic N) is 4. The van der Waals surface area contributed by atoms with Gasteiger partial charge in [-0.15, -0.1) is 11.3 Å². The van der Waals surface area contributed by atoms with Crippen LogP contribution in [0.2, 0.25) is 0 Å². The van der Waals surface area contributed by atoms with E-state index in [9.17, 15) is 0 Å². The molecule has 0 aliphatic heterocycles. The van der Waals surface area contributed by atoms with E-state index < -0.39 is 0 Å². The fraction of sp³-hybridized carbons (Fsp3) is 0.0476. The summed E-state index contributed by atoms with van der Waals surface area (Å²) in [6.45, 7) is 2.02. The van der Waals surface area contributed by atoms with Crippen LogP contribution in [-0.4, -0.2) is 19.9 Å². The number of benzene rings is 2. The quantitative estimate of drug-likeness (QED) is 0.425. The smallest absolute Gasteiger partial charge is 0.230 e. The van der Waals surface area contributed by atoms with Crippen molar-refractivity contribution in [3.05, 3.63) is 71.9 Å². The number of aryl methyl sites for hydroxylation is 1. The number of thiazole rings is 1. The first-order valence-corrected chi connectivity index (χ1v) is 9.35. The minimum atomic E-state index is 0.516. The number of para-hydroxylation sites is 1. The molecule has 0 atom stereocenters. The van der Waals surface area contributed by atoms with Crippen LogP contribution in [0.3, 0.4) is 0 Å². The zero-order valence-corrected chi connectivity index (χ0v) is 15.3. The van der Waals surface area contributed by atoms with Crippen LogP contribution in [0.1, 0.15) is 5.56 Å². The summed E-state index contributed by atoms with van der Waals surface area (Å²) in [4.78, 5) is 18.1. The van der Waals surface area contributed by atoms with Crippen LogP contribution in [0.5, 0.6) is 11.6 Å². The van der Waals surface area contributed by atoms with Crippen molar-refractivity contribution in [1.82, 2.24) is 19.9 Å². The van der Waals surface area contributed by atoms with Gasteiger partial charge in [-0.05, 0) is 48.9 Å². The van der Waals surface area contributed by atoms with Gasteiger partial charge >= 0.3 is 0 Å². The Balaban J connectivity index is 1.65. The zero-order chi connectivity index (χ0) is 18.2. The molecular formula is C21H14N4OS. The molecule has 2 aromatic carbocycles. The summed E-state index contributed by atoms with van der Waals surface area (Å²) in [5.41, 5.74) is 5.44. The van der Waals surface area contributed by atoms with E-state index in [0.717, 1.165) is 38.1 Å². The van der Waals surface area contributed by atoms with Crippen LogP contribution in [0.25, 0.3) is 32.6 Å². The van der Waals surface area contributed by atoms with E-state index in [1.54, 1.807) is 17.5 Å². The number of hydrogen-bond acceptors (Lipinski definition) is 6. The van der Waals surface area contributed by atoms with Crippen LogP contribution in [-0.2, 0) is 0 Å². The molecule has 0 amide bonds. The Labute approximate surface area is 159 Å². The molecule has 5 rings (SSSR count). The van der Waals surface area contributed by atoms with Gasteiger partial charge in [-0.3, -0.25) is 4.98 Å². The second kappa shape index (κ2) is 6.41. The molecule has 0 radical (unpaired) electrons. The second-order valence-corrected chi connectivity index (χ2v) is 7.06. The summed E-state index contributed by atoms with van der Waals surface area (Å²) in [5, 5.41) is 0.860. The number of fused-ring (bicyclic) bond motifs is 2. The molecular weight excluding hydrogens is 356 g/mol. The Morgan fingerprint density at radius 3 is 2.74 bits per heavy atom. The third kappa shape index (κ3) is 3.00. The lowest BCUT2D eigenvalue weighted by Gasteiger charge is -2.10. The average Bonchev–Trinajstić information content (AvgIpc) is 3.16. The Bertz CT molecular complexity index is 1280. The van der Waals surface area contributed by atoms with Gasteiger partial charge in [0.25, 0.3) is 0 Å². The first kappa shape index (κ1) is 15.8. The average molecular weight is 370 g/mol. The minimum absolute atomic E-state index is 0.516. The fourth-order valence-electron chi connectivity index (χ4n) is 2.91. The largest absolute Gasteiger partial charge is 0.438 e. The molecule has 0 unspecified atom stereocenters. The van der Waals surface area contributed by atoms with Crippen molar-refractivity contribution >= 4 is 32.5 Å². The molecule has 3 aromatic heterocycles. The summed E-state index contributed by atoms with van der Waals surface area (Å²) in [5.74, 6) is 1.78. The summed E-state index contributed by atoms with van der Waals surface area (Å²) >= 11 is 1.58. The zero-order valence-electron chi connectivity index (χ0n) is 14.5. The third-order valence-electron chi connectivity index (χ3n) is 4.23. The predicted octanol–water partition coefficient (Wildman–Crippen LogP) is 5.40. The first-order chi connectivity index (χ1) is 13.3. The van der Waals surface area contributed by atoms with Gasteiger partial charge in [0.1, 0.15) is 11.4 Å². The van der Waals surface area contributed by atoms with Crippen LogP contribution < -0.4 is 4.74 Å². The fourth-order valence-corrected chi connectivity index (χ4v) is 3.61. The number of aromatic nitrogens is 4. The first-order valence-electron chi connectivity index (χ1n) is 8.47. The maximum Gasteiger partial charge on any atom is 0.230 e. The molecule has 0 spiro atoms. The van der Waals surface area contributed by atoms with Crippen molar-refractivity contribution in [3.8, 4) is 23.1 Å². The molecule has 0 saturated carbocycles. The highest BCUT2D eigenvalue weighted by molar-refractivity contribution is 7.16. The topological polar surface area (TPSA) is 60.8 Å². The van der Waals surface area contributed by atoms with Crippen molar-refractivity contribution in [2.45, 2.75) is 6.92 Å². The lowest BCUT2D eigenvalue weighted by atomic mass is 10.2. The number of rotatable bonds is 3. The highest BCUT2D eigenvalue weighted by Crippen LogP contribution is 2.31. The maximum absolute atomic E-state index is 6.16. The highest BCUT2D eigenvalue weighted by Gasteiger charge is 2.13. The molecule has 0 aliphatic rings. The lowest BCUT2D eigenvalue weighted by molar-refractivity contribution is 0.469. The van der Waals surface area contributed by atoms with E-state index in [4.69, 9.17) is 4.74 Å². The molecule has 0 fully saturated rings. The minimum Gasteiger partial charge on any atom is -0.438 e. The molecule has 5 aromatic rings. The van der Waals surface area contributed by atoms with E-state index in [1.807, 2.05) is 67.0 Å². The molecule has 130 valence electrons. The third-order valence-corrected chi connectivity index (χ3v) is 5.02. The molecule has 6 heteroatoms. The monoisotopic (exact) mass is 370 g/mol. The Hall–Kier alpha value is -3.38. The van der Waals surface area contributed by atoms with E-state index in [-0.39, 0.29) is 0 Å². The van der Waals surface area contributed by atoms with Crippen molar-refractivity contribution in [2.75, 3.05) is 0 Å². The molecule has 5 nitrogen and oxygen atoms in total. The van der Waals surface area contributed by atoms with E-state index >= 15 is 0 Å². The molecule has 0 saturated heterocycles. The van der Waals surface area contributed by atoms with Crippen LogP contribution >= 0.6 is 11.3 Å². The summed E-state index contributed by atoms with van der Waals surface area (Å²) in [6, 6.07) is 17.6. The van der Waals surface area contributed by atoms with Crippen molar-refractivity contribution in [1.29, 1.82) is 0 Å². The second-order valence-electron chi connectivity index (χ2n) is 6.17. The van der Waals surface area contributed by atoms with Gasteiger partial charge < -0.3 is 4.74 Å². The van der Waals surface area contributed by atoms with Gasteiger partial charge in [0.15, 0.2) is 5.82 Å². The van der Waals surface area contributed by atoms with Gasteiger partial charge in [0.2, 0.25) is 5.88 Å². The van der Waals surface area contributed by atoms with Gasteiger partial charge in [-0.2, -0.15) is 4.98 Å². The van der Waals surface area contributed by atoms with Gasteiger partial charge in [-0.1, -0.05) is 12.1 Å². The number of pyridine rings is 1. The Morgan fingerprint density at radius 1 is 0.889 bits per heavy atom. The van der Waals surface area contributed by atoms with Crippen molar-refractivity contribution in [2.24, 2.45) is 0 Å². The molecule has 27 heavy (non-hydrogen) atoms. The van der Waals surface area contributed by atoms with E-state index in [1.165, 1.54) is 0 Å². The molecule has 3 heterocycles. The van der Waals surface area contributed by atoms with Crippen molar-refractivity contribution in [3.63, 3.8) is 0 Å². The maximum atomic E-state index is 6.16. The summed E-state index contributed by atoms with van der Waals surface area (Å²) < 4.78 is 7.24. The van der Waals surface area contributed by atoms with Crippen LogP contribution in [0.15, 0.2) is 66.3 Å². The molecule has 0 bridgehead atoms. The molecule has 0 aliphatic carbocycles. The van der Waals surface area contributed by atoms with Crippen LogP contribution in [0.4, 0.5) is 0 Å². The Kier molecular flexibility index (Phi) is 3.76. The van der Waals surface area contributed by atoms with Crippen LogP contribution in [0, 0.1) is 6.92 Å². The normalized spacial score (nSPS) is 11.1. The Morgan fingerprint density at radius 2 is 1.81 bits per heavy atom. The summed E-state index contributed by atoms with van der Waals surface area (Å²) in [7, 11) is 0. The standard InChI is InChI=1S/C21H14N4OS/c1-13-8-9-22-18(10-13)20-24-16-5-3-2-4-15(16)21(25-20)26-14-6-7-17-19(11-14)27-12-23-17/h2-12H,1H3. The van der Waals surface area contributed by atoms with Gasteiger partial charge in [0.05, 0.1) is 26.6 Å². The number of ether oxygens (including phenoxy) is 1. The predicted molar refractivity (Wildman–Crippen MR) is 107 cm³/mol.